The maximum Gasteiger partial charge on any atom is 0.244 e. The Labute approximate surface area is 152 Å². The van der Waals surface area contributed by atoms with Gasteiger partial charge in [-0.3, -0.25) is 4.79 Å². The predicted molar refractivity (Wildman–Crippen MR) is 101 cm³/mol. The molecule has 0 bridgehead atoms. The number of hydrogen-bond donors (Lipinski definition) is 1. The lowest BCUT2D eigenvalue weighted by Gasteiger charge is -2.22. The van der Waals surface area contributed by atoms with E-state index in [0.717, 1.165) is 29.7 Å². The Kier molecular flexibility index (Phi) is 4.69. The summed E-state index contributed by atoms with van der Waals surface area (Å²) in [5.41, 5.74) is 2.52. The van der Waals surface area contributed by atoms with Gasteiger partial charge in [-0.2, -0.15) is 0 Å². The molecule has 1 heterocycles. The van der Waals surface area contributed by atoms with Crippen molar-refractivity contribution in [3.8, 4) is 0 Å². The second-order valence-electron chi connectivity index (χ2n) is 6.93. The highest BCUT2D eigenvalue weighted by Crippen LogP contribution is 2.33. The van der Waals surface area contributed by atoms with Crippen LogP contribution in [0.5, 0.6) is 0 Å². The molecule has 0 radical (unpaired) electrons. The van der Waals surface area contributed by atoms with E-state index >= 15 is 0 Å². The van der Waals surface area contributed by atoms with Gasteiger partial charge in [-0.05, 0) is 49.2 Å². The first-order chi connectivity index (χ1) is 12.7. The van der Waals surface area contributed by atoms with Crippen LogP contribution < -0.4 is 5.32 Å². The Bertz CT molecular complexity index is 911. The fourth-order valence-corrected chi connectivity index (χ4v) is 3.81. The van der Waals surface area contributed by atoms with Crippen LogP contribution in [-0.4, -0.2) is 15.5 Å². The van der Waals surface area contributed by atoms with E-state index in [1.807, 2.05) is 28.8 Å². The van der Waals surface area contributed by atoms with Gasteiger partial charge in [-0.25, -0.2) is 9.37 Å². The first-order valence-corrected chi connectivity index (χ1v) is 9.21. The molecule has 4 rings (SSSR count). The summed E-state index contributed by atoms with van der Waals surface area (Å²) in [5.74, 6) is 0.981. The fraction of sp³-hybridized carbons (Fsp3) is 0.333. The lowest BCUT2D eigenvalue weighted by molar-refractivity contribution is -0.116. The van der Waals surface area contributed by atoms with E-state index in [2.05, 4.69) is 5.32 Å². The lowest BCUT2D eigenvalue weighted by atomic mass is 9.88. The zero-order valence-corrected chi connectivity index (χ0v) is 14.6. The second kappa shape index (κ2) is 7.28. The number of para-hydroxylation sites is 2. The second-order valence-corrected chi connectivity index (χ2v) is 6.93. The molecular weight excluding hydrogens is 329 g/mol. The monoisotopic (exact) mass is 351 g/mol. The summed E-state index contributed by atoms with van der Waals surface area (Å²) in [6.07, 6.45) is 5.97. The van der Waals surface area contributed by atoms with Crippen molar-refractivity contribution in [1.82, 2.24) is 9.55 Å². The highest BCUT2D eigenvalue weighted by molar-refractivity contribution is 5.91. The van der Waals surface area contributed by atoms with Gasteiger partial charge in [0.2, 0.25) is 5.91 Å². The molecule has 2 aromatic carbocycles. The standard InChI is InChI=1S/C21H22FN3O/c22-16-10-12-17(13-11-16)23-20(26)14-25-19-9-5-4-8-18(19)24-21(25)15-6-2-1-3-7-15/h4-5,8-13,15H,1-3,6-7,14H2,(H,23,26). The molecule has 0 spiro atoms. The molecule has 1 saturated carbocycles. The minimum Gasteiger partial charge on any atom is -0.325 e. The average molecular weight is 351 g/mol. The van der Waals surface area contributed by atoms with Crippen LogP contribution in [0.4, 0.5) is 10.1 Å². The number of hydrogen-bond acceptors (Lipinski definition) is 2. The zero-order chi connectivity index (χ0) is 17.9. The molecule has 1 fully saturated rings. The van der Waals surface area contributed by atoms with E-state index in [4.69, 9.17) is 4.98 Å². The largest absolute Gasteiger partial charge is 0.325 e. The van der Waals surface area contributed by atoms with Crippen molar-refractivity contribution in [2.75, 3.05) is 5.32 Å². The predicted octanol–water partition coefficient (Wildman–Crippen LogP) is 4.86. The van der Waals surface area contributed by atoms with Gasteiger partial charge in [-0.1, -0.05) is 31.4 Å². The van der Waals surface area contributed by atoms with Gasteiger partial charge < -0.3 is 9.88 Å². The van der Waals surface area contributed by atoms with Crippen molar-refractivity contribution in [3.05, 3.63) is 60.2 Å². The van der Waals surface area contributed by atoms with Gasteiger partial charge >= 0.3 is 0 Å². The van der Waals surface area contributed by atoms with Crippen molar-refractivity contribution in [2.45, 2.75) is 44.6 Å². The van der Waals surface area contributed by atoms with E-state index in [9.17, 15) is 9.18 Å². The highest BCUT2D eigenvalue weighted by atomic mass is 19.1. The molecule has 0 aliphatic heterocycles. The molecule has 1 aliphatic rings. The molecule has 3 aromatic rings. The highest BCUT2D eigenvalue weighted by Gasteiger charge is 2.23. The first-order valence-electron chi connectivity index (χ1n) is 9.21. The molecule has 1 aromatic heterocycles. The van der Waals surface area contributed by atoms with Crippen molar-refractivity contribution in [3.63, 3.8) is 0 Å². The molecule has 1 N–H and O–H groups in total. The van der Waals surface area contributed by atoms with E-state index < -0.39 is 0 Å². The van der Waals surface area contributed by atoms with Crippen LogP contribution in [0, 0.1) is 5.82 Å². The third kappa shape index (κ3) is 3.47. The summed E-state index contributed by atoms with van der Waals surface area (Å²) in [4.78, 5) is 17.4. The van der Waals surface area contributed by atoms with Gasteiger partial charge in [0.15, 0.2) is 0 Å². The number of carbonyl (C=O) groups is 1. The first kappa shape index (κ1) is 16.8. The Morgan fingerprint density at radius 1 is 1.08 bits per heavy atom. The van der Waals surface area contributed by atoms with Crippen LogP contribution in [0.15, 0.2) is 48.5 Å². The van der Waals surface area contributed by atoms with Crippen molar-refractivity contribution in [2.24, 2.45) is 0 Å². The van der Waals surface area contributed by atoms with Crippen molar-refractivity contribution in [1.29, 1.82) is 0 Å². The number of halogens is 1. The van der Waals surface area contributed by atoms with Crippen LogP contribution >= 0.6 is 0 Å². The summed E-state index contributed by atoms with van der Waals surface area (Å²) in [7, 11) is 0. The van der Waals surface area contributed by atoms with Gasteiger partial charge in [-0.15, -0.1) is 0 Å². The summed E-state index contributed by atoms with van der Waals surface area (Å²) in [6, 6.07) is 13.8. The summed E-state index contributed by atoms with van der Waals surface area (Å²) >= 11 is 0. The Morgan fingerprint density at radius 3 is 2.58 bits per heavy atom. The maximum absolute atomic E-state index is 13.0. The number of rotatable bonds is 4. The van der Waals surface area contributed by atoms with Gasteiger partial charge in [0.05, 0.1) is 11.0 Å². The Morgan fingerprint density at radius 2 is 1.81 bits per heavy atom. The number of amides is 1. The third-order valence-electron chi connectivity index (χ3n) is 5.08. The molecule has 0 unspecified atom stereocenters. The van der Waals surface area contributed by atoms with Crippen LogP contribution in [0.25, 0.3) is 11.0 Å². The van der Waals surface area contributed by atoms with Gasteiger partial charge in [0, 0.05) is 11.6 Å². The Hall–Kier alpha value is -2.69. The Balaban J connectivity index is 1.61. The number of nitrogens with zero attached hydrogens (tertiary/aromatic N) is 2. The number of anilines is 1. The maximum atomic E-state index is 13.0. The van der Waals surface area contributed by atoms with Crippen LogP contribution in [0.1, 0.15) is 43.8 Å². The number of aromatic nitrogens is 2. The number of benzene rings is 2. The van der Waals surface area contributed by atoms with E-state index in [0.29, 0.717) is 11.6 Å². The average Bonchev–Trinajstić information content (AvgIpc) is 3.03. The van der Waals surface area contributed by atoms with Gasteiger partial charge in [0.25, 0.3) is 0 Å². The van der Waals surface area contributed by atoms with Crippen LogP contribution in [0.2, 0.25) is 0 Å². The minimum absolute atomic E-state index is 0.128. The number of imidazole rings is 1. The zero-order valence-electron chi connectivity index (χ0n) is 14.6. The van der Waals surface area contributed by atoms with Crippen molar-refractivity contribution < 1.29 is 9.18 Å². The third-order valence-corrected chi connectivity index (χ3v) is 5.08. The number of carbonyl (C=O) groups excluding carboxylic acids is 1. The summed E-state index contributed by atoms with van der Waals surface area (Å²) in [6.45, 7) is 0.212. The number of fused-ring (bicyclic) bond motifs is 1. The van der Waals surface area contributed by atoms with E-state index in [1.54, 1.807) is 12.1 Å². The van der Waals surface area contributed by atoms with E-state index in [-0.39, 0.29) is 18.3 Å². The number of nitrogens with one attached hydrogen (secondary N) is 1. The smallest absolute Gasteiger partial charge is 0.244 e. The molecule has 134 valence electrons. The minimum atomic E-state index is -0.316. The fourth-order valence-electron chi connectivity index (χ4n) is 3.81. The molecule has 1 aliphatic carbocycles. The quantitative estimate of drug-likeness (QED) is 0.729. The lowest BCUT2D eigenvalue weighted by Crippen LogP contribution is -2.21. The molecule has 4 nitrogen and oxygen atoms in total. The van der Waals surface area contributed by atoms with Crippen LogP contribution in [0.3, 0.4) is 0 Å². The molecule has 0 atom stereocenters. The molecular formula is C21H22FN3O. The van der Waals surface area contributed by atoms with Gasteiger partial charge in [0.1, 0.15) is 18.2 Å². The topological polar surface area (TPSA) is 46.9 Å². The molecule has 0 saturated heterocycles. The van der Waals surface area contributed by atoms with Crippen molar-refractivity contribution >= 4 is 22.6 Å². The SMILES string of the molecule is O=C(Cn1c(C2CCCCC2)nc2ccccc21)Nc1ccc(F)cc1. The van der Waals surface area contributed by atoms with E-state index in [1.165, 1.54) is 31.4 Å². The summed E-state index contributed by atoms with van der Waals surface area (Å²) < 4.78 is 15.1. The molecule has 5 heteroatoms. The molecule has 26 heavy (non-hydrogen) atoms. The summed E-state index contributed by atoms with van der Waals surface area (Å²) in [5, 5.41) is 2.85. The van der Waals surface area contributed by atoms with Crippen LogP contribution in [-0.2, 0) is 11.3 Å². The normalized spacial score (nSPS) is 15.3. The molecule has 1 amide bonds.